The van der Waals surface area contributed by atoms with Crippen molar-refractivity contribution in [2.45, 2.75) is 81.8 Å². The summed E-state index contributed by atoms with van der Waals surface area (Å²) in [6.07, 6.45) is 5.67. The number of carbonyl (C=O) groups is 2. The topological polar surface area (TPSA) is 154 Å². The summed E-state index contributed by atoms with van der Waals surface area (Å²) in [5.74, 6) is 0.651. The average molecular weight is 749 g/mol. The Labute approximate surface area is 320 Å². The number of nitrogens with two attached hydrogens (primary N) is 1. The van der Waals surface area contributed by atoms with Crippen molar-refractivity contribution < 1.29 is 24.2 Å². The fraction of sp³-hybridized carbons (Fsp3) is 0.333. The smallest absolute Gasteiger partial charge is 0.224 e. The van der Waals surface area contributed by atoms with Crippen LogP contribution in [0.3, 0.4) is 0 Å². The molecule has 6 rings (SSSR count). The number of carbonyl (C=O) groups excluding carboxylic acids is 2. The Morgan fingerprint density at radius 1 is 0.870 bits per heavy atom. The van der Waals surface area contributed by atoms with Gasteiger partial charge in [-0.2, -0.15) is 0 Å². The molecule has 1 saturated heterocycles. The number of aromatic nitrogens is 3. The van der Waals surface area contributed by atoms with E-state index in [1.54, 1.807) is 30.2 Å². The number of para-hydroxylation sites is 2. The van der Waals surface area contributed by atoms with Crippen LogP contribution in [0.25, 0.3) is 11.1 Å². The summed E-state index contributed by atoms with van der Waals surface area (Å²) in [6, 6.07) is 31.4. The second-order valence-electron chi connectivity index (χ2n) is 13.5. The monoisotopic (exact) mass is 748 g/mol. The first kappa shape index (κ1) is 38.7. The number of nitrogens with one attached hydrogen (secondary N) is 2. The van der Waals surface area contributed by atoms with E-state index in [-0.39, 0.29) is 30.6 Å². The van der Waals surface area contributed by atoms with Crippen LogP contribution in [0.15, 0.2) is 109 Å². The largest absolute Gasteiger partial charge is 0.397 e. The Kier molecular flexibility index (Phi) is 13.9. The summed E-state index contributed by atoms with van der Waals surface area (Å²) in [7, 11) is 1.93. The zero-order chi connectivity index (χ0) is 37.7. The lowest BCUT2D eigenvalue weighted by atomic mass is 9.97. The SMILES string of the molecule is Cn1cnnc1SCC1CC(c2ccc(CO)cc2)OC(c2ccc(-c3ccccc3CNC(=O)CCCCCCC(=O)Nc3ccccc3N)cc2)O1. The first-order valence-electron chi connectivity index (χ1n) is 18.4. The van der Waals surface area contributed by atoms with Gasteiger partial charge in [0.25, 0.3) is 0 Å². The maximum absolute atomic E-state index is 12.7. The van der Waals surface area contributed by atoms with E-state index in [4.69, 9.17) is 15.2 Å². The molecule has 282 valence electrons. The number of anilines is 2. The average Bonchev–Trinajstić information content (AvgIpc) is 3.62. The second-order valence-corrected chi connectivity index (χ2v) is 14.5. The Balaban J connectivity index is 1.00. The molecule has 12 heteroatoms. The molecule has 0 aliphatic carbocycles. The predicted octanol–water partition coefficient (Wildman–Crippen LogP) is 7.49. The summed E-state index contributed by atoms with van der Waals surface area (Å²) in [5.41, 5.74) is 13.0. The third-order valence-corrected chi connectivity index (χ3v) is 10.6. The third kappa shape index (κ3) is 10.8. The van der Waals surface area contributed by atoms with Gasteiger partial charge in [-0.05, 0) is 52.8 Å². The number of aryl methyl sites for hydroxylation is 1. The van der Waals surface area contributed by atoms with Crippen LogP contribution in [0, 0.1) is 0 Å². The van der Waals surface area contributed by atoms with Crippen LogP contribution >= 0.6 is 11.8 Å². The van der Waals surface area contributed by atoms with Crippen LogP contribution < -0.4 is 16.4 Å². The molecular formula is C42H48N6O5S. The highest BCUT2D eigenvalue weighted by Gasteiger charge is 2.32. The molecule has 0 saturated carbocycles. The number of rotatable bonds is 17. The Bertz CT molecular complexity index is 1970. The molecule has 1 aliphatic heterocycles. The van der Waals surface area contributed by atoms with Crippen LogP contribution in [0.4, 0.5) is 11.4 Å². The van der Waals surface area contributed by atoms with Crippen LogP contribution in [-0.2, 0) is 39.3 Å². The number of unbranched alkanes of at least 4 members (excludes halogenated alkanes) is 3. The second kappa shape index (κ2) is 19.4. The number of hydrogen-bond donors (Lipinski definition) is 4. The summed E-state index contributed by atoms with van der Waals surface area (Å²) in [4.78, 5) is 25.0. The van der Waals surface area contributed by atoms with Crippen molar-refractivity contribution in [3.8, 4) is 11.1 Å². The number of aliphatic hydroxyl groups is 1. The van der Waals surface area contributed by atoms with Crippen molar-refractivity contribution >= 4 is 35.0 Å². The van der Waals surface area contributed by atoms with Crippen molar-refractivity contribution in [2.24, 2.45) is 7.05 Å². The molecule has 2 heterocycles. The maximum atomic E-state index is 12.7. The number of nitrogen functional groups attached to an aromatic ring is 1. The van der Waals surface area contributed by atoms with E-state index in [1.165, 1.54) is 0 Å². The van der Waals surface area contributed by atoms with Crippen LogP contribution in [0.1, 0.15) is 79.6 Å². The fourth-order valence-corrected chi connectivity index (χ4v) is 7.31. The molecule has 1 aromatic heterocycles. The first-order chi connectivity index (χ1) is 26.4. The quantitative estimate of drug-likeness (QED) is 0.0430. The minimum atomic E-state index is -0.569. The highest BCUT2D eigenvalue weighted by atomic mass is 32.2. The van der Waals surface area contributed by atoms with Crippen LogP contribution in [0.5, 0.6) is 0 Å². The van der Waals surface area contributed by atoms with E-state index in [1.807, 2.05) is 78.3 Å². The normalized spacial score (nSPS) is 16.9. The van der Waals surface area contributed by atoms with Gasteiger partial charge in [0.15, 0.2) is 11.4 Å². The van der Waals surface area contributed by atoms with E-state index >= 15 is 0 Å². The van der Waals surface area contributed by atoms with Crippen LogP contribution in [-0.4, -0.2) is 43.5 Å². The standard InChI is InChI=1S/C42H48N6O5S/c1-48-28-45-47-42(48)54-27-34-24-38(31-18-16-29(26-49)17-19-31)53-41(52-34)32-22-20-30(21-23-32)35-11-7-6-10-33(35)25-44-39(50)14-4-2-3-5-15-40(51)46-37-13-9-8-12-36(37)43/h6-13,16-23,28,34,38,41,49H,2-5,14-15,24-27,43H2,1H3,(H,44,50)(H,46,51). The minimum absolute atomic E-state index is 0.00664. The Morgan fingerprint density at radius 3 is 2.30 bits per heavy atom. The highest BCUT2D eigenvalue weighted by molar-refractivity contribution is 7.99. The lowest BCUT2D eigenvalue weighted by molar-refractivity contribution is -0.245. The third-order valence-electron chi connectivity index (χ3n) is 9.46. The molecule has 1 fully saturated rings. The number of amides is 2. The van der Waals surface area contributed by atoms with Gasteiger partial charge in [0.1, 0.15) is 6.33 Å². The van der Waals surface area contributed by atoms with Gasteiger partial charge in [-0.15, -0.1) is 10.2 Å². The van der Waals surface area contributed by atoms with Crippen molar-refractivity contribution in [1.82, 2.24) is 20.1 Å². The lowest BCUT2D eigenvalue weighted by Gasteiger charge is -2.36. The summed E-state index contributed by atoms with van der Waals surface area (Å²) >= 11 is 1.61. The Hall–Kier alpha value is -5.01. The van der Waals surface area contributed by atoms with E-state index in [2.05, 4.69) is 39.0 Å². The number of ether oxygens (including phenoxy) is 2. The molecule has 3 atom stereocenters. The lowest BCUT2D eigenvalue weighted by Crippen LogP contribution is -2.31. The van der Waals surface area contributed by atoms with E-state index in [0.717, 1.165) is 64.2 Å². The molecule has 0 spiro atoms. The van der Waals surface area contributed by atoms with Gasteiger partial charge in [0, 0.05) is 44.2 Å². The molecule has 2 amide bonds. The van der Waals surface area contributed by atoms with E-state index in [0.29, 0.717) is 42.9 Å². The first-order valence-corrected chi connectivity index (χ1v) is 19.4. The maximum Gasteiger partial charge on any atom is 0.224 e. The van der Waals surface area contributed by atoms with Gasteiger partial charge in [-0.1, -0.05) is 110 Å². The predicted molar refractivity (Wildman–Crippen MR) is 211 cm³/mol. The zero-order valence-corrected chi connectivity index (χ0v) is 31.3. The molecule has 4 aromatic carbocycles. The molecular weight excluding hydrogens is 701 g/mol. The summed E-state index contributed by atoms with van der Waals surface area (Å²) in [5, 5.41) is 24.5. The van der Waals surface area contributed by atoms with Crippen molar-refractivity contribution in [2.75, 3.05) is 16.8 Å². The molecule has 0 bridgehead atoms. The molecule has 5 aromatic rings. The van der Waals surface area contributed by atoms with E-state index in [9.17, 15) is 14.7 Å². The molecule has 0 radical (unpaired) electrons. The Morgan fingerprint density at radius 2 is 1.57 bits per heavy atom. The molecule has 11 nitrogen and oxygen atoms in total. The summed E-state index contributed by atoms with van der Waals surface area (Å²) in [6.45, 7) is 0.420. The van der Waals surface area contributed by atoms with Crippen molar-refractivity contribution in [3.05, 3.63) is 126 Å². The molecule has 5 N–H and O–H groups in total. The zero-order valence-electron chi connectivity index (χ0n) is 30.5. The fourth-order valence-electron chi connectivity index (χ4n) is 6.40. The number of nitrogens with zero attached hydrogens (tertiary/aromatic N) is 3. The number of benzene rings is 4. The van der Waals surface area contributed by atoms with Crippen molar-refractivity contribution in [1.29, 1.82) is 0 Å². The molecule has 54 heavy (non-hydrogen) atoms. The molecule has 1 aliphatic rings. The van der Waals surface area contributed by atoms with Gasteiger partial charge in [0.2, 0.25) is 11.8 Å². The van der Waals surface area contributed by atoms with E-state index < -0.39 is 6.29 Å². The van der Waals surface area contributed by atoms with Gasteiger partial charge in [-0.25, -0.2) is 0 Å². The number of aliphatic hydroxyl groups excluding tert-OH is 1. The summed E-state index contributed by atoms with van der Waals surface area (Å²) < 4.78 is 15.0. The van der Waals surface area contributed by atoms with Crippen molar-refractivity contribution in [3.63, 3.8) is 0 Å². The molecule has 3 unspecified atom stereocenters. The van der Waals surface area contributed by atoms with Gasteiger partial charge >= 0.3 is 0 Å². The van der Waals surface area contributed by atoms with Gasteiger partial charge in [-0.3, -0.25) is 9.59 Å². The van der Waals surface area contributed by atoms with Gasteiger partial charge < -0.3 is 35.5 Å². The number of thioether (sulfide) groups is 1. The van der Waals surface area contributed by atoms with Crippen LogP contribution in [0.2, 0.25) is 0 Å². The minimum Gasteiger partial charge on any atom is -0.397 e. The van der Waals surface area contributed by atoms with Gasteiger partial charge in [0.05, 0.1) is 30.2 Å². The highest BCUT2D eigenvalue weighted by Crippen LogP contribution is 2.40. The number of hydrogen-bond acceptors (Lipinski definition) is 9.